The third kappa shape index (κ3) is 33300. The van der Waals surface area contributed by atoms with Crippen molar-refractivity contribution in [2.45, 2.75) is 0 Å². The summed E-state index contributed by atoms with van der Waals surface area (Å²) in [7, 11) is -2.17. The average Bonchev–Trinajstić information content (AvgIpc) is 0.811. The zero-order chi connectivity index (χ0) is 3.58. The first-order chi connectivity index (χ1) is 1.73. The van der Waals surface area contributed by atoms with Crippen LogP contribution in [0.4, 0.5) is 0 Å². The van der Waals surface area contributed by atoms with Crippen molar-refractivity contribution in [3.05, 3.63) is 0 Å². The molecule has 31 N–H and O–H groups in total. The molecule has 0 aromatic carbocycles. The van der Waals surface area contributed by atoms with E-state index in [1.807, 2.05) is 0 Å². The van der Waals surface area contributed by atoms with Gasteiger partial charge in [0.15, 0.2) is 0 Å². The first-order valence-corrected chi connectivity index (χ1v) is 0.775. The summed E-state index contributed by atoms with van der Waals surface area (Å²) in [5, 5.41) is 21.5. The minimum atomic E-state index is -2.17. The summed E-state index contributed by atoms with van der Waals surface area (Å²) in [6.45, 7) is 0. The Hall–Kier alpha value is 0.385. The van der Waals surface area contributed by atoms with Crippen LogP contribution in [-0.2, 0) is 0 Å². The molecule has 0 radical (unpaired) electrons. The molecule has 0 aromatic rings. The largest absolute Gasteiger partial charge is 1.00 e. The fourth-order valence-electron chi connectivity index (χ4n) is 0. The van der Waals surface area contributed by atoms with E-state index < -0.39 is 7.32 Å². The van der Waals surface area contributed by atoms with Crippen LogP contribution in [0, 0.1) is 0 Å². The van der Waals surface area contributed by atoms with Gasteiger partial charge in [-0.25, -0.2) is 0 Å². The van der Waals surface area contributed by atoms with Crippen molar-refractivity contribution < 1.29 is 123 Å². The SMILES string of the molecule is O.O.O.O.O.O.O.O.O.O.O.O.O.O.OB(O)O.[H-].[Na+]. The molecule has 0 rings (SSSR count). The van der Waals surface area contributed by atoms with Crippen LogP contribution in [0.15, 0.2) is 0 Å². The normalized spacial score (nSPS) is 1.42. The van der Waals surface area contributed by atoms with Gasteiger partial charge in [0, 0.05) is 0 Å². The molecule has 0 fully saturated rings. The second kappa shape index (κ2) is 485. The Morgan fingerprint density at radius 3 is 0.368 bits per heavy atom. The minimum Gasteiger partial charge on any atom is -1.00 e. The average molecular weight is 338 g/mol. The van der Waals surface area contributed by atoms with Crippen molar-refractivity contribution in [1.29, 1.82) is 0 Å². The quantitative estimate of drug-likeness (QED) is 0.362. The van der Waals surface area contributed by atoms with Gasteiger partial charge in [0.25, 0.3) is 0 Å². The van der Waals surface area contributed by atoms with Crippen molar-refractivity contribution in [3.63, 3.8) is 0 Å². The fraction of sp³-hybridized carbons (Fsp3) is 0. The van der Waals surface area contributed by atoms with Crippen LogP contribution < -0.4 is 29.6 Å². The van der Waals surface area contributed by atoms with Crippen molar-refractivity contribution in [3.8, 4) is 0 Å². The monoisotopic (exact) mass is 338 g/mol. The third-order valence-electron chi connectivity index (χ3n) is 0. The number of hydrogen-bond donors (Lipinski definition) is 3. The molecule has 17 nitrogen and oxygen atoms in total. The number of rotatable bonds is 0. The molecular weight excluding hydrogens is 306 g/mol. The summed E-state index contributed by atoms with van der Waals surface area (Å²) in [5.74, 6) is 0. The Morgan fingerprint density at radius 2 is 0.368 bits per heavy atom. The van der Waals surface area contributed by atoms with E-state index in [9.17, 15) is 0 Å². The van der Waals surface area contributed by atoms with E-state index in [0.717, 1.165) is 0 Å². The van der Waals surface area contributed by atoms with Crippen molar-refractivity contribution in [2.75, 3.05) is 0 Å². The predicted octanol–water partition coefficient (Wildman–Crippen LogP) is -16.5. The maximum absolute atomic E-state index is 7.17. The van der Waals surface area contributed by atoms with E-state index in [4.69, 9.17) is 15.1 Å². The molecule has 0 bridgehead atoms. The zero-order valence-corrected chi connectivity index (χ0v) is 11.9. The first kappa shape index (κ1) is 572. The summed E-state index contributed by atoms with van der Waals surface area (Å²) < 4.78 is 0. The van der Waals surface area contributed by atoms with E-state index in [-0.39, 0.29) is 108 Å². The van der Waals surface area contributed by atoms with Crippen molar-refractivity contribution in [1.82, 2.24) is 0 Å². The van der Waals surface area contributed by atoms with Gasteiger partial charge in [-0.15, -0.1) is 0 Å². The smallest absolute Gasteiger partial charge is 1.00 e. The molecular formula is H32BNaO17. The molecule has 0 aliphatic carbocycles. The molecule has 0 saturated heterocycles. The van der Waals surface area contributed by atoms with Gasteiger partial charge in [-0.2, -0.15) is 0 Å². The molecule has 0 aliphatic heterocycles. The molecule has 138 valence electrons. The second-order valence-corrected chi connectivity index (χ2v) is 0.346. The van der Waals surface area contributed by atoms with E-state index >= 15 is 0 Å². The van der Waals surface area contributed by atoms with Gasteiger partial charge in [-0.1, -0.05) is 0 Å². The van der Waals surface area contributed by atoms with Gasteiger partial charge < -0.3 is 93.2 Å². The first-order valence-electron chi connectivity index (χ1n) is 0.775. The Kier molecular flexibility index (Phi) is 14600. The Balaban J connectivity index is -0.000000000375. The van der Waals surface area contributed by atoms with Gasteiger partial charge in [-0.05, 0) is 0 Å². The van der Waals surface area contributed by atoms with Crippen molar-refractivity contribution >= 4 is 7.32 Å². The maximum Gasteiger partial charge on any atom is 1.00 e. The summed E-state index contributed by atoms with van der Waals surface area (Å²) in [4.78, 5) is 0. The molecule has 0 atom stereocenters. The van der Waals surface area contributed by atoms with Gasteiger partial charge in [0.05, 0.1) is 0 Å². The zero-order valence-electron chi connectivity index (χ0n) is 10.9. The van der Waals surface area contributed by atoms with Crippen LogP contribution in [-0.4, -0.2) is 99.1 Å². The summed E-state index contributed by atoms with van der Waals surface area (Å²) >= 11 is 0. The van der Waals surface area contributed by atoms with Crippen LogP contribution in [0.3, 0.4) is 0 Å². The maximum atomic E-state index is 7.17. The van der Waals surface area contributed by atoms with Crippen LogP contribution in [0.5, 0.6) is 0 Å². The Labute approximate surface area is 130 Å². The summed E-state index contributed by atoms with van der Waals surface area (Å²) in [5.41, 5.74) is 0. The Morgan fingerprint density at radius 1 is 0.368 bits per heavy atom. The third-order valence-corrected chi connectivity index (χ3v) is 0. The summed E-state index contributed by atoms with van der Waals surface area (Å²) in [6, 6.07) is 0. The second-order valence-electron chi connectivity index (χ2n) is 0.346. The number of hydrogen-bond acceptors (Lipinski definition) is 3. The topological polar surface area (TPSA) is 502 Å². The van der Waals surface area contributed by atoms with E-state index in [0.29, 0.717) is 0 Å². The van der Waals surface area contributed by atoms with Gasteiger partial charge in [-0.3, -0.25) is 0 Å². The van der Waals surface area contributed by atoms with Crippen molar-refractivity contribution in [2.24, 2.45) is 0 Å². The standard InChI is InChI=1S/BH3O3.Na.14H2O.H/c2-1(3)4;;;;;;;;;;;;;;;;/h2-4H;;14*1H2;/q;+1;;;;;;;;;;;;;;;-1. The molecule has 19 heavy (non-hydrogen) atoms. The minimum absolute atomic E-state index is 0. The van der Waals surface area contributed by atoms with Crippen LogP contribution in [0.2, 0.25) is 0 Å². The van der Waals surface area contributed by atoms with E-state index in [1.54, 1.807) is 0 Å². The van der Waals surface area contributed by atoms with Gasteiger partial charge >= 0.3 is 36.9 Å². The van der Waals surface area contributed by atoms with Crippen LogP contribution >= 0.6 is 0 Å². The molecule has 0 saturated carbocycles. The molecule has 0 amide bonds. The van der Waals surface area contributed by atoms with E-state index in [1.165, 1.54) is 0 Å². The Bertz CT molecular complexity index is 21.7. The van der Waals surface area contributed by atoms with Gasteiger partial charge in [0.1, 0.15) is 0 Å². The summed E-state index contributed by atoms with van der Waals surface area (Å²) in [6.07, 6.45) is 0. The fourth-order valence-corrected chi connectivity index (χ4v) is 0. The van der Waals surface area contributed by atoms with Gasteiger partial charge in [0.2, 0.25) is 0 Å². The van der Waals surface area contributed by atoms with Crippen LogP contribution in [0.1, 0.15) is 1.43 Å². The molecule has 0 heterocycles. The predicted molar refractivity (Wildman–Crippen MR) is 64.1 cm³/mol. The molecule has 0 aromatic heterocycles. The van der Waals surface area contributed by atoms with Crippen LogP contribution in [0.25, 0.3) is 0 Å². The molecule has 0 unspecified atom stereocenters. The molecule has 0 spiro atoms. The molecule has 0 aliphatic rings. The van der Waals surface area contributed by atoms with E-state index in [2.05, 4.69) is 0 Å². The molecule has 19 heteroatoms.